The summed E-state index contributed by atoms with van der Waals surface area (Å²) in [7, 11) is 7.86. The van der Waals surface area contributed by atoms with Crippen LogP contribution in [-0.2, 0) is 0 Å². The monoisotopic (exact) mass is 402 g/mol. The first-order valence-electron chi connectivity index (χ1n) is 9.57. The van der Waals surface area contributed by atoms with E-state index in [-0.39, 0.29) is 5.56 Å². The normalized spacial score (nSPS) is 11.1. The van der Waals surface area contributed by atoms with Crippen molar-refractivity contribution in [2.45, 2.75) is 0 Å². The van der Waals surface area contributed by atoms with Crippen molar-refractivity contribution in [2.75, 3.05) is 38.8 Å². The average Bonchev–Trinajstić information content (AvgIpc) is 2.70. The Morgan fingerprint density at radius 2 is 1.77 bits per heavy atom. The summed E-state index contributed by atoms with van der Waals surface area (Å²) in [4.78, 5) is 14.0. The third-order valence-corrected chi connectivity index (χ3v) is 5.27. The molecule has 0 radical (unpaired) electrons. The highest BCUT2D eigenvalue weighted by Crippen LogP contribution is 2.42. The van der Waals surface area contributed by atoms with E-state index in [0.29, 0.717) is 22.6 Å². The molecule has 0 bridgehead atoms. The molecule has 6 heteroatoms. The number of nitrogens with two attached hydrogens (primary N) is 1. The fourth-order valence-corrected chi connectivity index (χ4v) is 3.67. The van der Waals surface area contributed by atoms with Crippen LogP contribution in [0.3, 0.4) is 0 Å². The van der Waals surface area contributed by atoms with Crippen LogP contribution in [0.2, 0.25) is 0 Å². The van der Waals surface area contributed by atoms with E-state index in [2.05, 4.69) is 0 Å². The van der Waals surface area contributed by atoms with Gasteiger partial charge >= 0.3 is 5.97 Å². The van der Waals surface area contributed by atoms with Crippen LogP contribution < -0.4 is 20.6 Å². The Morgan fingerprint density at radius 3 is 2.43 bits per heavy atom. The fourth-order valence-electron chi connectivity index (χ4n) is 3.67. The topological polar surface area (TPSA) is 82.7 Å². The molecule has 2 aromatic rings. The predicted octanol–water partition coefficient (Wildman–Crippen LogP) is 3.58. The van der Waals surface area contributed by atoms with Crippen molar-refractivity contribution < 1.29 is 14.3 Å². The lowest BCUT2D eigenvalue weighted by Crippen LogP contribution is -2.21. The molecule has 0 aromatic heterocycles. The van der Waals surface area contributed by atoms with E-state index in [9.17, 15) is 9.90 Å². The van der Waals surface area contributed by atoms with Gasteiger partial charge in [0.15, 0.2) is 0 Å². The maximum Gasteiger partial charge on any atom is 0.336 e. The van der Waals surface area contributed by atoms with Crippen LogP contribution >= 0.6 is 0 Å². The van der Waals surface area contributed by atoms with Crippen LogP contribution in [-0.4, -0.2) is 39.3 Å². The Hall–Kier alpha value is -3.80. The minimum absolute atomic E-state index is 0.200. The van der Waals surface area contributed by atoms with E-state index in [1.807, 2.05) is 74.1 Å². The van der Waals surface area contributed by atoms with E-state index in [0.717, 1.165) is 27.6 Å². The van der Waals surface area contributed by atoms with E-state index in [1.54, 1.807) is 18.2 Å². The molecular weight excluding hydrogens is 378 g/mol. The summed E-state index contributed by atoms with van der Waals surface area (Å²) in [6.45, 7) is 0. The van der Waals surface area contributed by atoms with Crippen molar-refractivity contribution >= 4 is 28.3 Å². The summed E-state index contributed by atoms with van der Waals surface area (Å²) >= 11 is 0. The summed E-state index contributed by atoms with van der Waals surface area (Å²) in [6, 6.07) is 16.7. The van der Waals surface area contributed by atoms with Crippen molar-refractivity contribution in [3.05, 3.63) is 65.5 Å². The molecule has 0 saturated carbocycles. The standard InChI is InChI=1S/C24H23N3O3/c1-26(2)15-6-9-18-21(12-15)30-22-13-16(27(3)4)7-10-19(22)23(18)20-11-14(25)5-8-17(20)24(28)29/h5-13H,25H2,1-4H3/p+1. The highest BCUT2D eigenvalue weighted by molar-refractivity contribution is 6.08. The molecule has 1 aliphatic heterocycles. The lowest BCUT2D eigenvalue weighted by Gasteiger charge is -2.19. The molecule has 0 fully saturated rings. The number of fused-ring (bicyclic) bond motifs is 2. The SMILES string of the molecule is CN(C)c1ccc2c(-c3cc(N)ccc3C(=O)O)c3ccc(=[N+](C)C)cc-3oc2c1. The number of carbonyl (C=O) groups is 1. The number of hydrogen-bond acceptors (Lipinski definition) is 4. The van der Waals surface area contributed by atoms with Gasteiger partial charge in [-0.15, -0.1) is 0 Å². The van der Waals surface area contributed by atoms with Crippen LogP contribution in [0.4, 0.5) is 11.4 Å². The lowest BCUT2D eigenvalue weighted by atomic mass is 9.90. The summed E-state index contributed by atoms with van der Waals surface area (Å²) in [5, 5.41) is 11.6. The van der Waals surface area contributed by atoms with E-state index < -0.39 is 5.97 Å². The van der Waals surface area contributed by atoms with Gasteiger partial charge in [0.05, 0.1) is 11.6 Å². The minimum atomic E-state index is -0.998. The third kappa shape index (κ3) is 3.26. The smallest absolute Gasteiger partial charge is 0.336 e. The van der Waals surface area contributed by atoms with Crippen LogP contribution in [0.15, 0.2) is 59.0 Å². The van der Waals surface area contributed by atoms with Gasteiger partial charge in [0.2, 0.25) is 5.36 Å². The summed E-state index contributed by atoms with van der Waals surface area (Å²) < 4.78 is 8.29. The van der Waals surface area contributed by atoms with Gasteiger partial charge in [-0.25, -0.2) is 9.37 Å². The molecule has 3 N–H and O–H groups in total. The number of aromatic carboxylic acids is 1. The second-order valence-electron chi connectivity index (χ2n) is 7.74. The van der Waals surface area contributed by atoms with Crippen molar-refractivity contribution in [1.82, 2.24) is 4.58 Å². The summed E-state index contributed by atoms with van der Waals surface area (Å²) in [5.41, 5.74) is 10.6. The first kappa shape index (κ1) is 19.5. The zero-order chi connectivity index (χ0) is 21.6. The minimum Gasteiger partial charge on any atom is -0.478 e. The number of nitrogens with zero attached hydrogens (tertiary/aromatic N) is 2. The Morgan fingerprint density at radius 1 is 1.00 bits per heavy atom. The lowest BCUT2D eigenvalue weighted by molar-refractivity contribution is 0.0698. The molecule has 0 saturated heterocycles. The molecule has 2 aromatic carbocycles. The highest BCUT2D eigenvalue weighted by Gasteiger charge is 2.22. The second kappa shape index (κ2) is 7.22. The molecular formula is C24H24N3O3+. The Labute approximate surface area is 174 Å². The Balaban J connectivity index is 2.21. The largest absolute Gasteiger partial charge is 0.478 e. The molecule has 0 unspecified atom stereocenters. The Kier molecular flexibility index (Phi) is 4.70. The molecule has 2 aliphatic rings. The molecule has 1 heterocycles. The predicted molar refractivity (Wildman–Crippen MR) is 121 cm³/mol. The van der Waals surface area contributed by atoms with E-state index in [1.165, 1.54) is 0 Å². The molecule has 152 valence electrons. The van der Waals surface area contributed by atoms with Crippen LogP contribution in [0, 0.1) is 0 Å². The number of hydrogen-bond donors (Lipinski definition) is 2. The molecule has 0 spiro atoms. The van der Waals surface area contributed by atoms with Crippen LogP contribution in [0.5, 0.6) is 0 Å². The van der Waals surface area contributed by atoms with Gasteiger partial charge in [0, 0.05) is 54.1 Å². The fraction of sp³-hybridized carbons (Fsp3) is 0.167. The zero-order valence-electron chi connectivity index (χ0n) is 17.4. The second-order valence-corrected chi connectivity index (χ2v) is 7.74. The first-order chi connectivity index (χ1) is 14.3. The third-order valence-electron chi connectivity index (χ3n) is 5.27. The molecule has 0 atom stereocenters. The number of carboxylic acid groups (broad SMARTS) is 1. The number of carboxylic acids is 1. The zero-order valence-corrected chi connectivity index (χ0v) is 17.4. The molecule has 6 nitrogen and oxygen atoms in total. The maximum absolute atomic E-state index is 12.0. The number of anilines is 2. The van der Waals surface area contributed by atoms with E-state index >= 15 is 0 Å². The van der Waals surface area contributed by atoms with Crippen LogP contribution in [0.1, 0.15) is 10.4 Å². The van der Waals surface area contributed by atoms with Gasteiger partial charge in [-0.2, -0.15) is 0 Å². The quantitative estimate of drug-likeness (QED) is 0.311. The maximum atomic E-state index is 12.0. The highest BCUT2D eigenvalue weighted by atomic mass is 16.4. The van der Waals surface area contributed by atoms with Crippen molar-refractivity contribution in [2.24, 2.45) is 0 Å². The molecule has 4 rings (SSSR count). The molecule has 1 aliphatic carbocycles. The first-order valence-corrected chi connectivity index (χ1v) is 9.57. The van der Waals surface area contributed by atoms with Gasteiger partial charge in [0.1, 0.15) is 25.4 Å². The van der Waals surface area contributed by atoms with Crippen LogP contribution in [0.25, 0.3) is 33.4 Å². The molecule has 0 amide bonds. The van der Waals surface area contributed by atoms with Crippen molar-refractivity contribution in [3.8, 4) is 22.5 Å². The van der Waals surface area contributed by atoms with Gasteiger partial charge in [-0.3, -0.25) is 0 Å². The van der Waals surface area contributed by atoms with Gasteiger partial charge in [0.25, 0.3) is 0 Å². The van der Waals surface area contributed by atoms with Crippen molar-refractivity contribution in [3.63, 3.8) is 0 Å². The molecule has 30 heavy (non-hydrogen) atoms. The summed E-state index contributed by atoms with van der Waals surface area (Å²) in [5.74, 6) is -0.319. The van der Waals surface area contributed by atoms with Gasteiger partial charge < -0.3 is 20.2 Å². The Bertz CT molecular complexity index is 1330. The van der Waals surface area contributed by atoms with Gasteiger partial charge in [-0.05, 0) is 42.0 Å². The summed E-state index contributed by atoms with van der Waals surface area (Å²) in [6.07, 6.45) is 0. The number of nitrogen functional groups attached to an aromatic ring is 1. The van der Waals surface area contributed by atoms with Crippen molar-refractivity contribution in [1.29, 1.82) is 0 Å². The average molecular weight is 402 g/mol. The van der Waals surface area contributed by atoms with Gasteiger partial charge in [-0.1, -0.05) is 0 Å². The number of rotatable bonds is 3. The van der Waals surface area contributed by atoms with E-state index in [4.69, 9.17) is 10.2 Å². The number of benzene rings is 3.